The van der Waals surface area contributed by atoms with Gasteiger partial charge in [0, 0.05) is 0 Å². The summed E-state index contributed by atoms with van der Waals surface area (Å²) in [7, 11) is 0. The van der Waals surface area contributed by atoms with Crippen LogP contribution >= 0.6 is 0 Å². The Labute approximate surface area is 85.4 Å². The van der Waals surface area contributed by atoms with E-state index in [2.05, 4.69) is 37.3 Å². The molecule has 0 saturated heterocycles. The lowest BCUT2D eigenvalue weighted by Crippen LogP contribution is -1.95. The van der Waals surface area contributed by atoms with Gasteiger partial charge < -0.3 is 0 Å². The molecule has 2 rings (SSSR count). The molecule has 0 amide bonds. The lowest BCUT2D eigenvalue weighted by atomic mass is 10.0. The number of nitrogens with zero attached hydrogens (tertiary/aromatic N) is 1. The summed E-state index contributed by atoms with van der Waals surface area (Å²) in [6.07, 6.45) is 3.37. The van der Waals surface area contributed by atoms with Crippen molar-refractivity contribution in [3.63, 3.8) is 0 Å². The molecule has 14 heavy (non-hydrogen) atoms. The van der Waals surface area contributed by atoms with Crippen LogP contribution in [0.5, 0.6) is 0 Å². The third-order valence-corrected chi connectivity index (χ3v) is 3.29. The van der Waals surface area contributed by atoms with Gasteiger partial charge in [-0.3, -0.25) is 0 Å². The highest BCUT2D eigenvalue weighted by molar-refractivity contribution is 5.17. The Morgan fingerprint density at radius 1 is 1.43 bits per heavy atom. The number of nitriles is 1. The molecule has 1 fully saturated rings. The van der Waals surface area contributed by atoms with Gasteiger partial charge in [0.15, 0.2) is 0 Å². The number of rotatable bonds is 3. The van der Waals surface area contributed by atoms with Gasteiger partial charge in [-0.15, -0.1) is 0 Å². The summed E-state index contributed by atoms with van der Waals surface area (Å²) in [6.45, 7) is 2.07. The van der Waals surface area contributed by atoms with Crippen molar-refractivity contribution < 1.29 is 0 Å². The first-order valence-corrected chi connectivity index (χ1v) is 5.20. The van der Waals surface area contributed by atoms with Gasteiger partial charge in [0.1, 0.15) is 0 Å². The van der Waals surface area contributed by atoms with Crippen LogP contribution in [0, 0.1) is 22.7 Å². The van der Waals surface area contributed by atoms with Crippen LogP contribution in [0.15, 0.2) is 30.3 Å². The van der Waals surface area contributed by atoms with E-state index in [1.165, 1.54) is 5.56 Å². The van der Waals surface area contributed by atoms with Crippen molar-refractivity contribution >= 4 is 0 Å². The first-order chi connectivity index (χ1) is 6.74. The van der Waals surface area contributed by atoms with Crippen molar-refractivity contribution in [1.82, 2.24) is 0 Å². The Balaban J connectivity index is 1.84. The highest BCUT2D eigenvalue weighted by Crippen LogP contribution is 2.53. The van der Waals surface area contributed by atoms with Crippen LogP contribution in [0.2, 0.25) is 0 Å². The van der Waals surface area contributed by atoms with Crippen molar-refractivity contribution in [2.75, 3.05) is 0 Å². The first-order valence-electron chi connectivity index (χ1n) is 5.20. The second kappa shape index (κ2) is 3.46. The molecule has 0 spiro atoms. The molecule has 0 radical (unpaired) electrons. The highest BCUT2D eigenvalue weighted by atomic mass is 14.5. The van der Waals surface area contributed by atoms with E-state index in [0.29, 0.717) is 5.92 Å². The van der Waals surface area contributed by atoms with E-state index in [1.54, 1.807) is 0 Å². The van der Waals surface area contributed by atoms with E-state index in [-0.39, 0.29) is 5.41 Å². The summed E-state index contributed by atoms with van der Waals surface area (Å²) in [4.78, 5) is 0. The van der Waals surface area contributed by atoms with Gasteiger partial charge >= 0.3 is 0 Å². The molecule has 0 aromatic heterocycles. The van der Waals surface area contributed by atoms with Crippen molar-refractivity contribution in [2.24, 2.45) is 11.3 Å². The molecule has 72 valence electrons. The van der Waals surface area contributed by atoms with Gasteiger partial charge in [0.05, 0.1) is 11.5 Å². The monoisotopic (exact) mass is 185 g/mol. The van der Waals surface area contributed by atoms with Gasteiger partial charge in [-0.25, -0.2) is 0 Å². The summed E-state index contributed by atoms with van der Waals surface area (Å²) in [6, 6.07) is 12.9. The fraction of sp³-hybridized carbons (Fsp3) is 0.462. The summed E-state index contributed by atoms with van der Waals surface area (Å²) < 4.78 is 0. The Hall–Kier alpha value is -1.29. The van der Waals surface area contributed by atoms with Crippen LogP contribution in [0.4, 0.5) is 0 Å². The Morgan fingerprint density at radius 2 is 2.14 bits per heavy atom. The van der Waals surface area contributed by atoms with Gasteiger partial charge in [-0.2, -0.15) is 5.26 Å². The molecule has 0 N–H and O–H groups in total. The topological polar surface area (TPSA) is 23.8 Å². The zero-order valence-corrected chi connectivity index (χ0v) is 8.53. The minimum absolute atomic E-state index is 0.00518. The molecular formula is C13H15N. The third kappa shape index (κ3) is 1.80. The zero-order chi connectivity index (χ0) is 10.0. The molecule has 1 aromatic carbocycles. The molecule has 1 aliphatic rings. The largest absolute Gasteiger partial charge is 0.198 e. The smallest absolute Gasteiger partial charge is 0.0689 e. The number of aryl methyl sites for hydroxylation is 1. The van der Waals surface area contributed by atoms with Crippen LogP contribution in [-0.2, 0) is 6.42 Å². The SMILES string of the molecule is CC1(C#N)CC1CCc1ccccc1. The van der Waals surface area contributed by atoms with Gasteiger partial charge in [0.2, 0.25) is 0 Å². The maximum absolute atomic E-state index is 8.88. The minimum Gasteiger partial charge on any atom is -0.198 e. The third-order valence-electron chi connectivity index (χ3n) is 3.29. The molecule has 1 saturated carbocycles. The molecule has 2 unspecified atom stereocenters. The van der Waals surface area contributed by atoms with Crippen molar-refractivity contribution in [3.8, 4) is 6.07 Å². The van der Waals surface area contributed by atoms with Crippen molar-refractivity contribution in [3.05, 3.63) is 35.9 Å². The second-order valence-electron chi connectivity index (χ2n) is 4.45. The van der Waals surface area contributed by atoms with Crippen molar-refractivity contribution in [2.45, 2.75) is 26.2 Å². The molecule has 0 heterocycles. The average molecular weight is 185 g/mol. The van der Waals surface area contributed by atoms with Gasteiger partial charge in [-0.1, -0.05) is 30.3 Å². The van der Waals surface area contributed by atoms with Crippen LogP contribution < -0.4 is 0 Å². The molecular weight excluding hydrogens is 170 g/mol. The maximum atomic E-state index is 8.88. The predicted molar refractivity (Wildman–Crippen MR) is 56.6 cm³/mol. The summed E-state index contributed by atoms with van der Waals surface area (Å²) >= 11 is 0. The van der Waals surface area contributed by atoms with Crippen molar-refractivity contribution in [1.29, 1.82) is 5.26 Å². The van der Waals surface area contributed by atoms with Crippen LogP contribution in [-0.4, -0.2) is 0 Å². The Bertz CT molecular complexity index is 349. The minimum atomic E-state index is -0.00518. The van der Waals surface area contributed by atoms with Gasteiger partial charge in [-0.05, 0) is 37.7 Å². The first kappa shape index (κ1) is 9.27. The molecule has 0 aliphatic heterocycles. The van der Waals surface area contributed by atoms with Crippen LogP contribution in [0.3, 0.4) is 0 Å². The Kier molecular flexibility index (Phi) is 2.29. The molecule has 0 bridgehead atoms. The highest BCUT2D eigenvalue weighted by Gasteiger charge is 2.49. The van der Waals surface area contributed by atoms with Gasteiger partial charge in [0.25, 0.3) is 0 Å². The number of benzene rings is 1. The lowest BCUT2D eigenvalue weighted by molar-refractivity contribution is 0.597. The van der Waals surface area contributed by atoms with E-state index in [1.807, 2.05) is 6.07 Å². The summed E-state index contributed by atoms with van der Waals surface area (Å²) in [5, 5.41) is 8.88. The maximum Gasteiger partial charge on any atom is 0.0689 e. The standard InChI is InChI=1S/C13H15N/c1-13(10-14)9-12(13)8-7-11-5-3-2-4-6-11/h2-6,12H,7-9H2,1H3. The van der Waals surface area contributed by atoms with E-state index in [0.717, 1.165) is 19.3 Å². The molecule has 1 aromatic rings. The van der Waals surface area contributed by atoms with E-state index < -0.39 is 0 Å². The van der Waals surface area contributed by atoms with Crippen LogP contribution in [0.1, 0.15) is 25.3 Å². The fourth-order valence-electron chi connectivity index (χ4n) is 2.00. The number of hydrogen-bond acceptors (Lipinski definition) is 1. The molecule has 1 aliphatic carbocycles. The van der Waals surface area contributed by atoms with Crippen LogP contribution in [0.25, 0.3) is 0 Å². The predicted octanol–water partition coefficient (Wildman–Crippen LogP) is 3.17. The van der Waals surface area contributed by atoms with E-state index in [9.17, 15) is 0 Å². The lowest BCUT2D eigenvalue weighted by Gasteiger charge is -2.01. The zero-order valence-electron chi connectivity index (χ0n) is 8.53. The Morgan fingerprint density at radius 3 is 2.71 bits per heavy atom. The molecule has 1 nitrogen and oxygen atoms in total. The summed E-state index contributed by atoms with van der Waals surface area (Å²) in [5.41, 5.74) is 1.38. The summed E-state index contributed by atoms with van der Waals surface area (Å²) in [5.74, 6) is 0.632. The average Bonchev–Trinajstić information content (AvgIpc) is 2.90. The van der Waals surface area contributed by atoms with E-state index in [4.69, 9.17) is 5.26 Å². The fourth-order valence-corrected chi connectivity index (χ4v) is 2.00. The normalized spacial score (nSPS) is 29.6. The second-order valence-corrected chi connectivity index (χ2v) is 4.45. The molecule has 2 atom stereocenters. The van der Waals surface area contributed by atoms with E-state index >= 15 is 0 Å². The molecule has 1 heteroatoms. The number of hydrogen-bond donors (Lipinski definition) is 0. The quantitative estimate of drug-likeness (QED) is 0.709.